The lowest BCUT2D eigenvalue weighted by Gasteiger charge is -2.38. The SMILES string of the molecule is CCC[C@H](NC(=O)[C@@H]1[C@H]2CCC[C@H]2CN1C(=O)[C@@H](NC(=O)[C@@H](NC(=O)[C@@H](C)NC(=O)OC)C(C)(C)C)C(C)(C)C)C(=O)C(=O)N[C@@H](C)CC. The lowest BCUT2D eigenvalue weighted by molar-refractivity contribution is -0.146. The van der Waals surface area contributed by atoms with Crippen LogP contribution in [0.2, 0.25) is 0 Å². The molecule has 0 radical (unpaired) electrons. The van der Waals surface area contributed by atoms with Crippen molar-refractivity contribution < 1.29 is 38.3 Å². The van der Waals surface area contributed by atoms with Gasteiger partial charge in [0.25, 0.3) is 5.91 Å². The van der Waals surface area contributed by atoms with Gasteiger partial charge in [0.05, 0.1) is 13.2 Å². The standard InChI is InChI=1S/C35H60N6O8/c1-12-15-23(25(42)30(45)36-19(3)13-2)38-29(44)24-22-17-14-16-21(22)18-41(24)32(47)27(35(8,9)10)40-31(46)26(34(5,6)7)39-28(43)20(4)37-33(48)49-11/h19-24,26-27H,12-18H2,1-11H3,(H,36,45)(H,37,48)(H,38,44)(H,39,43)(H,40,46)/t19-,20+,21-,22-,23-,24-,26+,27+/m0/s1. The van der Waals surface area contributed by atoms with Crippen molar-refractivity contribution in [3.05, 3.63) is 0 Å². The molecule has 1 aliphatic carbocycles. The predicted octanol–water partition coefficient (Wildman–Crippen LogP) is 2.19. The number of alkyl carbamates (subject to hydrolysis) is 1. The highest BCUT2D eigenvalue weighted by Crippen LogP contribution is 2.43. The van der Waals surface area contributed by atoms with E-state index >= 15 is 0 Å². The Bertz CT molecular complexity index is 1240. The van der Waals surface area contributed by atoms with E-state index < -0.39 is 82.5 Å². The molecule has 0 spiro atoms. The van der Waals surface area contributed by atoms with Gasteiger partial charge in [0.15, 0.2) is 0 Å². The van der Waals surface area contributed by atoms with E-state index in [2.05, 4.69) is 31.3 Å². The Balaban J connectivity index is 2.37. The molecule has 0 aromatic heterocycles. The Kier molecular flexibility index (Phi) is 14.6. The molecule has 0 unspecified atom stereocenters. The monoisotopic (exact) mass is 692 g/mol. The van der Waals surface area contributed by atoms with E-state index in [1.165, 1.54) is 18.9 Å². The number of carbonyl (C=O) groups excluding carboxylic acids is 7. The molecule has 0 aromatic rings. The third kappa shape index (κ3) is 10.9. The van der Waals surface area contributed by atoms with Crippen molar-refractivity contribution in [2.45, 2.75) is 144 Å². The van der Waals surface area contributed by atoms with Crippen LogP contribution in [0.3, 0.4) is 0 Å². The summed E-state index contributed by atoms with van der Waals surface area (Å²) in [5.41, 5.74) is -1.59. The van der Waals surface area contributed by atoms with Gasteiger partial charge in [-0.05, 0) is 62.2 Å². The van der Waals surface area contributed by atoms with E-state index in [1.54, 1.807) is 48.5 Å². The Labute approximate surface area is 291 Å². The third-order valence-electron chi connectivity index (χ3n) is 9.59. The van der Waals surface area contributed by atoms with Gasteiger partial charge in [0, 0.05) is 12.6 Å². The van der Waals surface area contributed by atoms with Crippen LogP contribution in [0.25, 0.3) is 0 Å². The molecule has 5 N–H and O–H groups in total. The number of ketones is 1. The normalized spacial score (nSPS) is 22.0. The fourth-order valence-electron chi connectivity index (χ4n) is 6.52. The third-order valence-corrected chi connectivity index (χ3v) is 9.59. The molecule has 1 saturated heterocycles. The maximum Gasteiger partial charge on any atom is 0.407 e. The molecule has 1 heterocycles. The molecule has 2 fully saturated rings. The molecule has 1 aliphatic heterocycles. The number of amides is 6. The first kappa shape index (κ1) is 41.5. The van der Waals surface area contributed by atoms with Crippen LogP contribution in [-0.2, 0) is 33.5 Å². The lowest BCUT2D eigenvalue weighted by Crippen LogP contribution is -2.63. The van der Waals surface area contributed by atoms with Gasteiger partial charge in [-0.15, -0.1) is 0 Å². The quantitative estimate of drug-likeness (QED) is 0.171. The van der Waals surface area contributed by atoms with Gasteiger partial charge in [0.1, 0.15) is 24.2 Å². The van der Waals surface area contributed by atoms with E-state index in [4.69, 9.17) is 0 Å². The molecular formula is C35H60N6O8. The number of nitrogens with zero attached hydrogens (tertiary/aromatic N) is 1. The maximum absolute atomic E-state index is 14.5. The summed E-state index contributed by atoms with van der Waals surface area (Å²) in [5, 5.41) is 13.5. The zero-order valence-corrected chi connectivity index (χ0v) is 31.3. The summed E-state index contributed by atoms with van der Waals surface area (Å²) in [6.07, 6.45) is 3.14. The van der Waals surface area contributed by atoms with Crippen LogP contribution in [0.5, 0.6) is 0 Å². The number of methoxy groups -OCH3 is 1. The average molecular weight is 693 g/mol. The number of carbonyl (C=O) groups is 7. The van der Waals surface area contributed by atoms with Crippen molar-refractivity contribution >= 4 is 41.4 Å². The first-order valence-corrected chi connectivity index (χ1v) is 17.6. The summed E-state index contributed by atoms with van der Waals surface area (Å²) in [4.78, 5) is 94.5. The summed E-state index contributed by atoms with van der Waals surface area (Å²) in [6.45, 7) is 18.0. The van der Waals surface area contributed by atoms with Crippen LogP contribution in [-0.4, -0.2) is 96.2 Å². The zero-order chi connectivity index (χ0) is 37.4. The highest BCUT2D eigenvalue weighted by molar-refractivity contribution is 6.38. The molecule has 49 heavy (non-hydrogen) atoms. The zero-order valence-electron chi connectivity index (χ0n) is 31.3. The molecule has 2 rings (SSSR count). The molecule has 0 bridgehead atoms. The van der Waals surface area contributed by atoms with Gasteiger partial charge in [-0.25, -0.2) is 4.79 Å². The van der Waals surface area contributed by atoms with Crippen LogP contribution < -0.4 is 26.6 Å². The van der Waals surface area contributed by atoms with Crippen molar-refractivity contribution in [2.75, 3.05) is 13.7 Å². The molecule has 14 nitrogen and oxygen atoms in total. The van der Waals surface area contributed by atoms with Gasteiger partial charge < -0.3 is 36.2 Å². The van der Waals surface area contributed by atoms with E-state index in [-0.39, 0.29) is 24.3 Å². The highest BCUT2D eigenvalue weighted by atomic mass is 16.5. The van der Waals surface area contributed by atoms with Crippen molar-refractivity contribution in [3.8, 4) is 0 Å². The minimum absolute atomic E-state index is 0.0791. The molecule has 14 heteroatoms. The van der Waals surface area contributed by atoms with Crippen molar-refractivity contribution in [2.24, 2.45) is 22.7 Å². The van der Waals surface area contributed by atoms with Gasteiger partial charge >= 0.3 is 6.09 Å². The van der Waals surface area contributed by atoms with E-state index in [1.807, 2.05) is 13.8 Å². The summed E-state index contributed by atoms with van der Waals surface area (Å²) < 4.78 is 4.57. The Hall–Kier alpha value is -3.71. The first-order valence-electron chi connectivity index (χ1n) is 17.6. The summed E-state index contributed by atoms with van der Waals surface area (Å²) >= 11 is 0. The van der Waals surface area contributed by atoms with Crippen molar-refractivity contribution in [3.63, 3.8) is 0 Å². The number of Topliss-reactive ketones (excluding diaryl/α,β-unsaturated/α-hetero) is 1. The first-order chi connectivity index (χ1) is 22.7. The number of ether oxygens (including phenoxy) is 1. The number of nitrogens with one attached hydrogen (secondary N) is 5. The van der Waals surface area contributed by atoms with Gasteiger partial charge in [0.2, 0.25) is 29.4 Å². The van der Waals surface area contributed by atoms with Crippen LogP contribution >= 0.6 is 0 Å². The van der Waals surface area contributed by atoms with Crippen LogP contribution in [0.15, 0.2) is 0 Å². The topological polar surface area (TPSA) is 192 Å². The van der Waals surface area contributed by atoms with E-state index in [0.717, 1.165) is 19.3 Å². The maximum atomic E-state index is 14.5. The van der Waals surface area contributed by atoms with Crippen LogP contribution in [0.4, 0.5) is 4.79 Å². The lowest BCUT2D eigenvalue weighted by atomic mass is 9.82. The van der Waals surface area contributed by atoms with Gasteiger partial charge in [-0.2, -0.15) is 0 Å². The smallest absolute Gasteiger partial charge is 0.407 e. The van der Waals surface area contributed by atoms with Gasteiger partial charge in [-0.3, -0.25) is 28.8 Å². The highest BCUT2D eigenvalue weighted by Gasteiger charge is 2.52. The molecule has 278 valence electrons. The number of hydrogen-bond acceptors (Lipinski definition) is 8. The average Bonchev–Trinajstić information content (AvgIpc) is 3.61. The number of rotatable bonds is 14. The van der Waals surface area contributed by atoms with Crippen molar-refractivity contribution in [1.82, 2.24) is 31.5 Å². The van der Waals surface area contributed by atoms with Crippen LogP contribution in [0, 0.1) is 22.7 Å². The summed E-state index contributed by atoms with van der Waals surface area (Å²) in [7, 11) is 1.17. The van der Waals surface area contributed by atoms with Crippen molar-refractivity contribution in [1.29, 1.82) is 0 Å². The second-order valence-electron chi connectivity index (χ2n) is 15.8. The fourth-order valence-corrected chi connectivity index (χ4v) is 6.52. The second kappa shape index (κ2) is 17.3. The number of fused-ring (bicyclic) bond motifs is 1. The Morgan fingerprint density at radius 1 is 0.796 bits per heavy atom. The number of hydrogen-bond donors (Lipinski definition) is 5. The second-order valence-corrected chi connectivity index (χ2v) is 15.8. The molecule has 0 aromatic carbocycles. The minimum atomic E-state index is -1.08. The molecule has 6 amide bonds. The summed E-state index contributed by atoms with van der Waals surface area (Å²) in [6, 6.07) is -5.28. The van der Waals surface area contributed by atoms with E-state index in [0.29, 0.717) is 19.4 Å². The van der Waals surface area contributed by atoms with Gasteiger partial charge in [-0.1, -0.05) is 68.2 Å². The molecule has 2 aliphatic rings. The molecular weight excluding hydrogens is 632 g/mol. The Morgan fingerprint density at radius 3 is 1.92 bits per heavy atom. The van der Waals surface area contributed by atoms with Crippen LogP contribution in [0.1, 0.15) is 108 Å². The fraction of sp³-hybridized carbons (Fsp3) is 0.800. The number of likely N-dealkylation sites (tertiary alicyclic amines) is 1. The molecule has 8 atom stereocenters. The summed E-state index contributed by atoms with van der Waals surface area (Å²) in [5.74, 6) is -3.66. The minimum Gasteiger partial charge on any atom is -0.453 e. The predicted molar refractivity (Wildman–Crippen MR) is 184 cm³/mol. The largest absolute Gasteiger partial charge is 0.453 e. The Morgan fingerprint density at radius 2 is 1.39 bits per heavy atom. The molecule has 1 saturated carbocycles. The van der Waals surface area contributed by atoms with E-state index in [9.17, 15) is 33.6 Å².